The van der Waals surface area contributed by atoms with Crippen molar-refractivity contribution in [3.05, 3.63) is 168 Å². The molecule has 5 aromatic carbocycles. The summed E-state index contributed by atoms with van der Waals surface area (Å²) >= 11 is 0. The number of amides is 2. The molecule has 1 aliphatic heterocycles. The smallest absolute Gasteiger partial charge is 0.261 e. The second-order valence-corrected chi connectivity index (χ2v) is 20.5. The van der Waals surface area contributed by atoms with E-state index in [4.69, 9.17) is 4.43 Å². The highest BCUT2D eigenvalue weighted by molar-refractivity contribution is 6.99. The highest BCUT2D eigenvalue weighted by Crippen LogP contribution is 2.48. The van der Waals surface area contributed by atoms with Gasteiger partial charge in [-0.15, -0.1) is 0 Å². The van der Waals surface area contributed by atoms with Gasteiger partial charge in [0.05, 0.1) is 36.8 Å². The van der Waals surface area contributed by atoms with E-state index in [-0.39, 0.29) is 35.6 Å². The molecule has 2 amide bonds. The Bertz CT molecular complexity index is 2180. The molecule has 5 aromatic rings. The lowest BCUT2D eigenvalue weighted by atomic mass is 9.68. The first-order chi connectivity index (χ1) is 27.5. The number of imide groups is 1. The van der Waals surface area contributed by atoms with Crippen LogP contribution in [0.25, 0.3) is 11.6 Å². The van der Waals surface area contributed by atoms with Gasteiger partial charge < -0.3 is 19.7 Å². The molecule has 0 spiro atoms. The fourth-order valence-electron chi connectivity index (χ4n) is 9.05. The van der Waals surface area contributed by atoms with E-state index in [1.165, 1.54) is 4.90 Å². The maximum Gasteiger partial charge on any atom is 0.261 e. The first-order valence-corrected chi connectivity index (χ1v) is 21.7. The molecule has 57 heavy (non-hydrogen) atoms. The number of para-hydroxylation sites is 1. The summed E-state index contributed by atoms with van der Waals surface area (Å²) in [5.74, 6) is -2.80. The predicted molar refractivity (Wildman–Crippen MR) is 229 cm³/mol. The van der Waals surface area contributed by atoms with Crippen LogP contribution in [0, 0.1) is 17.8 Å². The molecule has 1 saturated heterocycles. The number of nitrogens with zero attached hydrogens (tertiary/aromatic N) is 1. The van der Waals surface area contributed by atoms with Gasteiger partial charge >= 0.3 is 0 Å². The van der Waals surface area contributed by atoms with Crippen molar-refractivity contribution >= 4 is 47.8 Å². The van der Waals surface area contributed by atoms with Crippen LogP contribution in [0.4, 0.5) is 5.69 Å². The Morgan fingerprint density at radius 1 is 0.789 bits per heavy atom. The second kappa shape index (κ2) is 17.0. The van der Waals surface area contributed by atoms with Gasteiger partial charge in [0.15, 0.2) is 0 Å². The van der Waals surface area contributed by atoms with Gasteiger partial charge in [-0.3, -0.25) is 14.5 Å². The van der Waals surface area contributed by atoms with Crippen LogP contribution in [0.1, 0.15) is 51.2 Å². The third-order valence-corrected chi connectivity index (χ3v) is 16.7. The van der Waals surface area contributed by atoms with Gasteiger partial charge in [0.1, 0.15) is 5.75 Å². The number of benzene rings is 5. The van der Waals surface area contributed by atoms with Gasteiger partial charge in [-0.05, 0) is 86.8 Å². The number of carbonyl (C=O) groups excluding carboxylic acids is 2. The van der Waals surface area contributed by atoms with Crippen LogP contribution in [0.5, 0.6) is 5.75 Å². The normalized spacial score (nSPS) is 19.5. The van der Waals surface area contributed by atoms with Crippen molar-refractivity contribution in [2.24, 2.45) is 17.8 Å². The van der Waals surface area contributed by atoms with Gasteiger partial charge in [0.2, 0.25) is 11.8 Å². The fourth-order valence-corrected chi connectivity index (χ4v) is 13.6. The van der Waals surface area contributed by atoms with Gasteiger partial charge in [0, 0.05) is 5.92 Å². The minimum absolute atomic E-state index is 0.126. The molecule has 0 radical (unpaired) electrons. The van der Waals surface area contributed by atoms with Crippen LogP contribution >= 0.6 is 0 Å². The number of phenols is 1. The Kier molecular flexibility index (Phi) is 11.9. The average Bonchev–Trinajstić information content (AvgIpc) is 3.48. The Hall–Kier alpha value is -5.38. The zero-order chi connectivity index (χ0) is 40.2. The number of aliphatic hydroxyl groups is 2. The molecule has 3 N–H and O–H groups in total. The first kappa shape index (κ1) is 39.8. The Morgan fingerprint density at radius 2 is 1.33 bits per heavy atom. The second-order valence-electron chi connectivity index (χ2n) is 16.2. The van der Waals surface area contributed by atoms with E-state index < -0.39 is 38.8 Å². The molecular weight excluding hydrogens is 727 g/mol. The molecule has 292 valence electrons. The number of allylic oxidation sites excluding steroid dienone is 1. The van der Waals surface area contributed by atoms with Gasteiger partial charge in [-0.1, -0.05) is 148 Å². The molecule has 0 bridgehead atoms. The number of carbonyl (C=O) groups is 2. The zero-order valence-electron chi connectivity index (χ0n) is 32.8. The molecule has 1 fully saturated rings. The van der Waals surface area contributed by atoms with Crippen LogP contribution in [0.15, 0.2) is 157 Å². The number of anilines is 1. The van der Waals surface area contributed by atoms with E-state index in [1.54, 1.807) is 36.4 Å². The van der Waals surface area contributed by atoms with Crippen LogP contribution in [-0.2, 0) is 14.0 Å². The third kappa shape index (κ3) is 7.96. The average molecular weight is 778 g/mol. The Labute approximate surface area is 336 Å². The maximum absolute atomic E-state index is 14.3. The molecule has 4 atom stereocenters. The number of aromatic hydroxyl groups is 1. The van der Waals surface area contributed by atoms with Crippen LogP contribution in [0.2, 0.25) is 5.04 Å². The minimum Gasteiger partial charge on any atom is -0.508 e. The summed E-state index contributed by atoms with van der Waals surface area (Å²) in [7, 11) is -3.06. The van der Waals surface area contributed by atoms with E-state index in [2.05, 4.69) is 51.1 Å². The Balaban J connectivity index is 1.31. The molecule has 1 aliphatic carbocycles. The SMILES string of the molecule is CC(C)(C)[Si](OCC1=C([C@H](O)CC/C(=C/c2ccc(O)cc2)c2ccccc2)[C@H](CO)[C@@H]2C(=O)N(c3ccccc3)C(=O)[C@@H]2C1)(c1ccccc1)c1ccccc1. The molecule has 0 aromatic heterocycles. The number of hydrogen-bond acceptors (Lipinski definition) is 6. The molecule has 7 rings (SSSR count). The van der Waals surface area contributed by atoms with Crippen LogP contribution in [0.3, 0.4) is 0 Å². The van der Waals surface area contributed by atoms with Crippen LogP contribution < -0.4 is 15.3 Å². The standard InChI is InChI=1S/C49H51NO6Si/c1-49(2,3)57(40-20-12-6-13-21-40,41-22-14-7-15-23-41)56-33-37-31-42-46(48(55)50(47(42)54)38-18-10-5-11-19-38)43(32-51)45(37)44(53)29-26-36(35-16-8-4-9-17-35)30-34-24-27-39(52)28-25-34/h4-25,27-28,30,42-44,46,51-53H,26,29,31-33H2,1-3H3/b36-30-/t42-,43+,44-,46-/m1/s1. The van der Waals surface area contributed by atoms with Crippen LogP contribution in [-0.4, -0.2) is 54.8 Å². The van der Waals surface area contributed by atoms with Crippen molar-refractivity contribution < 1.29 is 29.3 Å². The van der Waals surface area contributed by atoms with Crippen molar-refractivity contribution in [1.82, 2.24) is 0 Å². The highest BCUT2D eigenvalue weighted by atomic mass is 28.4. The predicted octanol–water partition coefficient (Wildman–Crippen LogP) is 7.77. The summed E-state index contributed by atoms with van der Waals surface area (Å²) < 4.78 is 7.43. The minimum atomic E-state index is -3.06. The largest absolute Gasteiger partial charge is 0.508 e. The number of phenolic OH excluding ortho intramolecular Hbond substituents is 1. The third-order valence-electron chi connectivity index (χ3n) is 11.7. The molecular formula is C49H51NO6Si. The van der Waals surface area contributed by atoms with E-state index in [1.807, 2.05) is 84.9 Å². The number of fused-ring (bicyclic) bond motifs is 1. The van der Waals surface area contributed by atoms with Gasteiger partial charge in [-0.2, -0.15) is 0 Å². The van der Waals surface area contributed by atoms with Crippen molar-refractivity contribution in [1.29, 1.82) is 0 Å². The summed E-state index contributed by atoms with van der Waals surface area (Å²) in [6.45, 7) is 6.34. The lowest BCUT2D eigenvalue weighted by Crippen LogP contribution is -2.66. The lowest BCUT2D eigenvalue weighted by Gasteiger charge is -2.44. The maximum atomic E-state index is 14.3. The summed E-state index contributed by atoms with van der Waals surface area (Å²) in [4.78, 5) is 29.9. The van der Waals surface area contributed by atoms with Crippen molar-refractivity contribution in [3.63, 3.8) is 0 Å². The summed E-state index contributed by atoms with van der Waals surface area (Å²) in [6, 6.07) is 46.6. The molecule has 7 nitrogen and oxygen atoms in total. The molecule has 2 aliphatic rings. The number of hydrogen-bond donors (Lipinski definition) is 3. The molecule has 0 saturated carbocycles. The fraction of sp³-hybridized carbons (Fsp3) is 0.265. The van der Waals surface area contributed by atoms with E-state index >= 15 is 0 Å². The van der Waals surface area contributed by atoms with Gasteiger partial charge in [-0.25, -0.2) is 0 Å². The van der Waals surface area contributed by atoms with E-state index in [0.29, 0.717) is 24.1 Å². The quantitative estimate of drug-likeness (QED) is 0.0489. The molecule has 8 heteroatoms. The van der Waals surface area contributed by atoms with Crippen molar-refractivity contribution in [2.75, 3.05) is 18.1 Å². The number of aliphatic hydroxyl groups excluding tert-OH is 2. The monoisotopic (exact) mass is 777 g/mol. The van der Waals surface area contributed by atoms with Gasteiger partial charge in [0.25, 0.3) is 8.32 Å². The summed E-state index contributed by atoms with van der Waals surface area (Å²) in [5.41, 5.74) is 4.74. The summed E-state index contributed by atoms with van der Waals surface area (Å²) in [6.07, 6.45) is 2.03. The van der Waals surface area contributed by atoms with E-state index in [0.717, 1.165) is 32.6 Å². The highest BCUT2D eigenvalue weighted by Gasteiger charge is 2.56. The first-order valence-electron chi connectivity index (χ1n) is 19.8. The zero-order valence-corrected chi connectivity index (χ0v) is 33.8. The lowest BCUT2D eigenvalue weighted by molar-refractivity contribution is -0.123. The van der Waals surface area contributed by atoms with Crippen molar-refractivity contribution in [2.45, 2.75) is 51.2 Å². The molecule has 0 unspecified atom stereocenters. The number of rotatable bonds is 13. The topological polar surface area (TPSA) is 107 Å². The van der Waals surface area contributed by atoms with E-state index in [9.17, 15) is 24.9 Å². The van der Waals surface area contributed by atoms with Crippen molar-refractivity contribution in [3.8, 4) is 5.75 Å². The molecule has 1 heterocycles. The Morgan fingerprint density at radius 3 is 1.88 bits per heavy atom. The summed E-state index contributed by atoms with van der Waals surface area (Å²) in [5, 5.41) is 35.5.